The second-order valence-corrected chi connectivity index (χ2v) is 8.40. The standard InChI is InChI=1S/C18H24N6OS/c1-12(2)16-19-17-15(18(25)20-16)21-22-24(17)10-13-5-3-7-23(9-13)11-14-6-4-8-26-14/h4,6,8,12-13H,3,5,7,9-11H2,1-2H3,(H,19,20,25)/t13-/m1/s1. The average molecular weight is 372 g/mol. The summed E-state index contributed by atoms with van der Waals surface area (Å²) in [5.41, 5.74) is 0.737. The van der Waals surface area contributed by atoms with E-state index in [1.807, 2.05) is 29.9 Å². The topological polar surface area (TPSA) is 79.7 Å². The van der Waals surface area contributed by atoms with Crippen LogP contribution in [0.3, 0.4) is 0 Å². The van der Waals surface area contributed by atoms with E-state index in [2.05, 4.69) is 42.7 Å². The molecule has 8 heteroatoms. The van der Waals surface area contributed by atoms with Gasteiger partial charge in [-0.25, -0.2) is 9.67 Å². The number of thiophene rings is 1. The number of fused-ring (bicyclic) bond motifs is 1. The van der Waals surface area contributed by atoms with Crippen molar-refractivity contribution in [2.24, 2.45) is 5.92 Å². The van der Waals surface area contributed by atoms with Crippen LogP contribution in [0.1, 0.15) is 43.3 Å². The fraction of sp³-hybridized carbons (Fsp3) is 0.556. The Morgan fingerprint density at radius 3 is 3.08 bits per heavy atom. The Kier molecular flexibility index (Phi) is 4.86. The highest BCUT2D eigenvalue weighted by atomic mass is 32.1. The lowest BCUT2D eigenvalue weighted by molar-refractivity contribution is 0.155. The summed E-state index contributed by atoms with van der Waals surface area (Å²) in [6.45, 7) is 7.98. The van der Waals surface area contributed by atoms with Crippen molar-refractivity contribution in [2.75, 3.05) is 13.1 Å². The lowest BCUT2D eigenvalue weighted by atomic mass is 9.98. The Bertz CT molecular complexity index is 929. The molecule has 1 atom stereocenters. The summed E-state index contributed by atoms with van der Waals surface area (Å²) in [5.74, 6) is 1.35. The lowest BCUT2D eigenvalue weighted by Crippen LogP contribution is -2.36. The molecule has 0 amide bonds. The molecule has 1 fully saturated rings. The molecule has 0 bridgehead atoms. The van der Waals surface area contributed by atoms with Crippen molar-refractivity contribution in [3.8, 4) is 0 Å². The maximum atomic E-state index is 12.2. The number of likely N-dealkylation sites (tertiary alicyclic amines) is 1. The predicted molar refractivity (Wildman–Crippen MR) is 102 cm³/mol. The van der Waals surface area contributed by atoms with Crippen LogP contribution in [0.4, 0.5) is 0 Å². The first kappa shape index (κ1) is 17.4. The van der Waals surface area contributed by atoms with Crippen LogP contribution >= 0.6 is 11.3 Å². The zero-order chi connectivity index (χ0) is 18.1. The van der Waals surface area contributed by atoms with Crippen molar-refractivity contribution in [3.05, 3.63) is 38.6 Å². The zero-order valence-electron chi connectivity index (χ0n) is 15.2. The van der Waals surface area contributed by atoms with E-state index in [0.29, 0.717) is 22.9 Å². The van der Waals surface area contributed by atoms with E-state index in [9.17, 15) is 4.79 Å². The molecule has 4 rings (SSSR count). The van der Waals surface area contributed by atoms with Gasteiger partial charge in [-0.3, -0.25) is 9.69 Å². The fourth-order valence-electron chi connectivity index (χ4n) is 3.59. The van der Waals surface area contributed by atoms with Crippen molar-refractivity contribution < 1.29 is 0 Å². The molecule has 1 N–H and O–H groups in total. The van der Waals surface area contributed by atoms with E-state index in [4.69, 9.17) is 0 Å². The smallest absolute Gasteiger partial charge is 0.281 e. The third kappa shape index (κ3) is 3.57. The molecule has 138 valence electrons. The molecular formula is C18H24N6OS. The number of nitrogens with one attached hydrogen (secondary N) is 1. The van der Waals surface area contributed by atoms with E-state index >= 15 is 0 Å². The Balaban J connectivity index is 1.52. The number of aromatic amines is 1. The minimum atomic E-state index is -0.201. The summed E-state index contributed by atoms with van der Waals surface area (Å²) in [7, 11) is 0. The molecule has 3 aromatic heterocycles. The molecule has 0 radical (unpaired) electrons. The van der Waals surface area contributed by atoms with Crippen molar-refractivity contribution in [1.82, 2.24) is 29.9 Å². The van der Waals surface area contributed by atoms with Gasteiger partial charge in [0.2, 0.25) is 0 Å². The van der Waals surface area contributed by atoms with Gasteiger partial charge in [0.1, 0.15) is 5.82 Å². The molecule has 0 saturated carbocycles. The van der Waals surface area contributed by atoms with E-state index < -0.39 is 0 Å². The Morgan fingerprint density at radius 1 is 1.42 bits per heavy atom. The Labute approximate surface area is 156 Å². The van der Waals surface area contributed by atoms with Crippen LogP contribution in [-0.4, -0.2) is 43.0 Å². The maximum Gasteiger partial charge on any atom is 0.281 e. The fourth-order valence-corrected chi connectivity index (χ4v) is 4.34. The molecule has 3 aromatic rings. The largest absolute Gasteiger partial charge is 0.308 e. The molecule has 1 aliphatic rings. The third-order valence-electron chi connectivity index (χ3n) is 4.93. The first-order valence-electron chi connectivity index (χ1n) is 9.18. The second-order valence-electron chi connectivity index (χ2n) is 7.37. The third-order valence-corrected chi connectivity index (χ3v) is 5.79. The average Bonchev–Trinajstić information content (AvgIpc) is 3.26. The summed E-state index contributed by atoms with van der Waals surface area (Å²) in [5, 5.41) is 10.4. The number of rotatable bonds is 5. The summed E-state index contributed by atoms with van der Waals surface area (Å²) in [6.07, 6.45) is 2.36. The van der Waals surface area contributed by atoms with Crippen LogP contribution in [-0.2, 0) is 13.1 Å². The Hall–Kier alpha value is -2.06. The number of hydrogen-bond donors (Lipinski definition) is 1. The number of H-pyrrole nitrogens is 1. The maximum absolute atomic E-state index is 12.2. The van der Waals surface area contributed by atoms with Gasteiger partial charge < -0.3 is 4.98 Å². The zero-order valence-corrected chi connectivity index (χ0v) is 16.0. The molecule has 0 aromatic carbocycles. The number of aromatic nitrogens is 5. The van der Waals surface area contributed by atoms with E-state index in [1.54, 1.807) is 0 Å². The van der Waals surface area contributed by atoms with Crippen LogP contribution in [0.5, 0.6) is 0 Å². The van der Waals surface area contributed by atoms with Crippen LogP contribution in [0.15, 0.2) is 22.3 Å². The van der Waals surface area contributed by atoms with Crippen LogP contribution in [0, 0.1) is 5.92 Å². The molecule has 4 heterocycles. The van der Waals surface area contributed by atoms with Gasteiger partial charge in [0.05, 0.1) is 0 Å². The van der Waals surface area contributed by atoms with Gasteiger partial charge in [0.25, 0.3) is 5.56 Å². The first-order valence-corrected chi connectivity index (χ1v) is 10.1. The number of piperidine rings is 1. The normalized spacial score (nSPS) is 18.8. The highest BCUT2D eigenvalue weighted by molar-refractivity contribution is 7.09. The van der Waals surface area contributed by atoms with E-state index in [0.717, 1.165) is 26.2 Å². The summed E-state index contributed by atoms with van der Waals surface area (Å²) in [6, 6.07) is 4.31. The van der Waals surface area contributed by atoms with Gasteiger partial charge in [0.15, 0.2) is 11.2 Å². The molecular weight excluding hydrogens is 348 g/mol. The van der Waals surface area contributed by atoms with Gasteiger partial charge in [-0.15, -0.1) is 16.4 Å². The Morgan fingerprint density at radius 2 is 2.31 bits per heavy atom. The van der Waals surface area contributed by atoms with Crippen molar-refractivity contribution in [3.63, 3.8) is 0 Å². The predicted octanol–water partition coefficient (Wildman–Crippen LogP) is 2.61. The van der Waals surface area contributed by atoms with Gasteiger partial charge in [-0.1, -0.05) is 25.1 Å². The summed E-state index contributed by atoms with van der Waals surface area (Å²) in [4.78, 5) is 23.6. The van der Waals surface area contributed by atoms with Crippen molar-refractivity contribution in [2.45, 2.75) is 45.7 Å². The monoisotopic (exact) mass is 372 g/mol. The summed E-state index contributed by atoms with van der Waals surface area (Å²) < 4.78 is 1.82. The quantitative estimate of drug-likeness (QED) is 0.745. The SMILES string of the molecule is CC(C)c1nc2c(nnn2C[C@@H]2CCCN(Cc3cccs3)C2)c(=O)[nH]1. The van der Waals surface area contributed by atoms with E-state index in [1.165, 1.54) is 17.7 Å². The van der Waals surface area contributed by atoms with Gasteiger partial charge in [-0.2, -0.15) is 0 Å². The number of hydrogen-bond acceptors (Lipinski definition) is 6. The van der Waals surface area contributed by atoms with Gasteiger partial charge >= 0.3 is 0 Å². The minimum Gasteiger partial charge on any atom is -0.308 e. The lowest BCUT2D eigenvalue weighted by Gasteiger charge is -2.32. The molecule has 7 nitrogen and oxygen atoms in total. The van der Waals surface area contributed by atoms with Gasteiger partial charge in [0, 0.05) is 30.4 Å². The second kappa shape index (κ2) is 7.28. The van der Waals surface area contributed by atoms with Gasteiger partial charge in [-0.05, 0) is 36.8 Å². The molecule has 0 aliphatic carbocycles. The highest BCUT2D eigenvalue weighted by Gasteiger charge is 2.23. The molecule has 0 unspecified atom stereocenters. The molecule has 0 spiro atoms. The van der Waals surface area contributed by atoms with E-state index in [-0.39, 0.29) is 11.5 Å². The highest BCUT2D eigenvalue weighted by Crippen LogP contribution is 2.22. The number of nitrogens with zero attached hydrogens (tertiary/aromatic N) is 5. The van der Waals surface area contributed by atoms with Crippen LogP contribution in [0.2, 0.25) is 0 Å². The van der Waals surface area contributed by atoms with Crippen molar-refractivity contribution >= 4 is 22.5 Å². The van der Waals surface area contributed by atoms with Crippen molar-refractivity contribution in [1.29, 1.82) is 0 Å². The molecule has 1 saturated heterocycles. The minimum absolute atomic E-state index is 0.159. The molecule has 26 heavy (non-hydrogen) atoms. The summed E-state index contributed by atoms with van der Waals surface area (Å²) >= 11 is 1.81. The van der Waals surface area contributed by atoms with Crippen LogP contribution < -0.4 is 5.56 Å². The van der Waals surface area contributed by atoms with Crippen LogP contribution in [0.25, 0.3) is 11.2 Å². The molecule has 1 aliphatic heterocycles. The first-order chi connectivity index (χ1) is 12.6.